The van der Waals surface area contributed by atoms with Crippen LogP contribution in [0.5, 0.6) is 0 Å². The minimum absolute atomic E-state index is 0.0303. The van der Waals surface area contributed by atoms with Gasteiger partial charge in [-0.15, -0.1) is 0 Å². The number of hydrogen-bond acceptors (Lipinski definition) is 3. The lowest BCUT2D eigenvalue weighted by atomic mass is 10.1. The maximum absolute atomic E-state index is 12.6. The van der Waals surface area contributed by atoms with Crippen LogP contribution in [0.4, 0.5) is 5.69 Å². The predicted octanol–water partition coefficient (Wildman–Crippen LogP) is 4.66. The molecule has 28 heavy (non-hydrogen) atoms. The van der Waals surface area contributed by atoms with Crippen LogP contribution >= 0.6 is 0 Å². The van der Waals surface area contributed by atoms with Gasteiger partial charge in [0, 0.05) is 34.9 Å². The monoisotopic (exact) mass is 368 g/mol. The number of para-hydroxylation sites is 1. The lowest BCUT2D eigenvalue weighted by Gasteiger charge is -2.05. The molecule has 1 aromatic heterocycles. The van der Waals surface area contributed by atoms with E-state index in [0.29, 0.717) is 18.7 Å². The van der Waals surface area contributed by atoms with Gasteiger partial charge in [-0.3, -0.25) is 4.79 Å². The topological polar surface area (TPSA) is 81.6 Å². The molecule has 5 nitrogen and oxygen atoms in total. The molecule has 1 N–H and O–H groups in total. The first-order chi connectivity index (χ1) is 13.7. The van der Waals surface area contributed by atoms with E-state index < -0.39 is 5.91 Å². The van der Waals surface area contributed by atoms with Crippen molar-refractivity contribution in [2.45, 2.75) is 26.3 Å². The van der Waals surface area contributed by atoms with Crippen molar-refractivity contribution in [3.8, 4) is 12.1 Å². The first-order valence-corrected chi connectivity index (χ1v) is 9.13. The fourth-order valence-electron chi connectivity index (χ4n) is 3.07. The number of nitriles is 2. The van der Waals surface area contributed by atoms with E-state index >= 15 is 0 Å². The van der Waals surface area contributed by atoms with Crippen LogP contribution < -0.4 is 5.32 Å². The van der Waals surface area contributed by atoms with Gasteiger partial charge in [-0.25, -0.2) is 0 Å². The van der Waals surface area contributed by atoms with Crippen LogP contribution in [0, 0.1) is 22.7 Å². The second kappa shape index (κ2) is 8.70. The van der Waals surface area contributed by atoms with Crippen molar-refractivity contribution in [3.63, 3.8) is 0 Å². The Kier molecular flexibility index (Phi) is 5.89. The highest BCUT2D eigenvalue weighted by atomic mass is 16.1. The number of fused-ring (bicyclic) bond motifs is 1. The van der Waals surface area contributed by atoms with E-state index in [-0.39, 0.29) is 5.57 Å². The van der Waals surface area contributed by atoms with Gasteiger partial charge >= 0.3 is 0 Å². The van der Waals surface area contributed by atoms with Crippen LogP contribution in [0.25, 0.3) is 17.0 Å². The molecule has 5 heteroatoms. The molecule has 0 bridgehead atoms. The highest BCUT2D eigenvalue weighted by Crippen LogP contribution is 2.24. The van der Waals surface area contributed by atoms with E-state index in [2.05, 4.69) is 18.3 Å². The summed E-state index contributed by atoms with van der Waals surface area (Å²) in [7, 11) is 0. The van der Waals surface area contributed by atoms with Gasteiger partial charge in [0.15, 0.2) is 0 Å². The SMILES string of the molecule is CCc1ccc(NC(=O)/C(C#N)=C/c2cn(CCC#N)c3ccccc23)cc1. The molecule has 0 spiro atoms. The third-order valence-corrected chi connectivity index (χ3v) is 4.57. The number of carbonyl (C=O) groups is 1. The van der Waals surface area contributed by atoms with Crippen molar-refractivity contribution in [2.75, 3.05) is 5.32 Å². The van der Waals surface area contributed by atoms with Crippen molar-refractivity contribution in [2.24, 2.45) is 0 Å². The first kappa shape index (κ1) is 18.9. The number of aromatic nitrogens is 1. The van der Waals surface area contributed by atoms with Crippen molar-refractivity contribution in [1.82, 2.24) is 4.57 Å². The maximum atomic E-state index is 12.6. The Morgan fingerprint density at radius 3 is 2.57 bits per heavy atom. The standard InChI is InChI=1S/C23H20N4O/c1-2-17-8-10-20(11-9-17)26-23(28)18(15-25)14-19-16-27(13-5-12-24)22-7-4-3-6-21(19)22/h3-4,6-11,14,16H,2,5,13H2,1H3,(H,26,28)/b18-14+. The molecule has 1 amide bonds. The number of anilines is 1. The molecule has 0 aliphatic heterocycles. The number of carbonyl (C=O) groups excluding carboxylic acids is 1. The zero-order valence-corrected chi connectivity index (χ0v) is 15.6. The molecule has 0 saturated heterocycles. The van der Waals surface area contributed by atoms with E-state index in [0.717, 1.165) is 22.9 Å². The minimum atomic E-state index is -0.444. The summed E-state index contributed by atoms with van der Waals surface area (Å²) in [6.45, 7) is 2.62. The Morgan fingerprint density at radius 2 is 1.89 bits per heavy atom. The van der Waals surface area contributed by atoms with Crippen LogP contribution in [0.3, 0.4) is 0 Å². The van der Waals surface area contributed by atoms with Crippen molar-refractivity contribution >= 4 is 28.6 Å². The number of hydrogen-bond donors (Lipinski definition) is 1. The lowest BCUT2D eigenvalue weighted by Crippen LogP contribution is -2.13. The van der Waals surface area contributed by atoms with E-state index in [4.69, 9.17) is 5.26 Å². The van der Waals surface area contributed by atoms with E-state index in [1.165, 1.54) is 5.56 Å². The fourth-order valence-corrected chi connectivity index (χ4v) is 3.07. The molecule has 1 heterocycles. The largest absolute Gasteiger partial charge is 0.346 e. The summed E-state index contributed by atoms with van der Waals surface area (Å²) in [5, 5.41) is 22.1. The Hall–Kier alpha value is -3.83. The van der Waals surface area contributed by atoms with Gasteiger partial charge in [0.2, 0.25) is 0 Å². The van der Waals surface area contributed by atoms with Gasteiger partial charge in [-0.1, -0.05) is 37.3 Å². The van der Waals surface area contributed by atoms with Crippen molar-refractivity contribution in [1.29, 1.82) is 10.5 Å². The molecule has 0 radical (unpaired) electrons. The maximum Gasteiger partial charge on any atom is 0.266 e. The highest BCUT2D eigenvalue weighted by Gasteiger charge is 2.12. The van der Waals surface area contributed by atoms with Gasteiger partial charge in [0.1, 0.15) is 11.6 Å². The Bertz CT molecular complexity index is 1110. The number of aryl methyl sites for hydroxylation is 2. The normalized spacial score (nSPS) is 11.0. The molecule has 3 rings (SSSR count). The van der Waals surface area contributed by atoms with Gasteiger partial charge in [0.25, 0.3) is 5.91 Å². The smallest absolute Gasteiger partial charge is 0.266 e. The van der Waals surface area contributed by atoms with Gasteiger partial charge in [-0.2, -0.15) is 10.5 Å². The van der Waals surface area contributed by atoms with E-state index in [1.54, 1.807) is 6.08 Å². The van der Waals surface area contributed by atoms with Crippen molar-refractivity contribution < 1.29 is 4.79 Å². The van der Waals surface area contributed by atoms with Crippen LogP contribution in [0.2, 0.25) is 0 Å². The third kappa shape index (κ3) is 4.11. The number of rotatable bonds is 6. The van der Waals surface area contributed by atoms with Crippen LogP contribution in [0.1, 0.15) is 24.5 Å². The summed E-state index contributed by atoms with van der Waals surface area (Å²) in [4.78, 5) is 12.6. The number of benzene rings is 2. The number of amides is 1. The summed E-state index contributed by atoms with van der Waals surface area (Å²) < 4.78 is 1.97. The summed E-state index contributed by atoms with van der Waals surface area (Å²) >= 11 is 0. The average Bonchev–Trinajstić information content (AvgIpc) is 3.08. The van der Waals surface area contributed by atoms with Crippen LogP contribution in [0.15, 0.2) is 60.3 Å². The van der Waals surface area contributed by atoms with Crippen LogP contribution in [-0.2, 0) is 17.8 Å². The Balaban J connectivity index is 1.90. The number of nitrogens with one attached hydrogen (secondary N) is 1. The molecule has 2 aromatic carbocycles. The molecule has 0 fully saturated rings. The summed E-state index contributed by atoms with van der Waals surface area (Å²) in [6, 6.07) is 19.5. The minimum Gasteiger partial charge on any atom is -0.346 e. The third-order valence-electron chi connectivity index (χ3n) is 4.57. The van der Waals surface area contributed by atoms with Gasteiger partial charge < -0.3 is 9.88 Å². The second-order valence-corrected chi connectivity index (χ2v) is 6.38. The average molecular weight is 368 g/mol. The molecular weight excluding hydrogens is 348 g/mol. The fraction of sp³-hybridized carbons (Fsp3) is 0.174. The molecular formula is C23H20N4O. The highest BCUT2D eigenvalue weighted by molar-refractivity contribution is 6.10. The Labute approximate surface area is 164 Å². The molecule has 0 saturated carbocycles. The van der Waals surface area contributed by atoms with E-state index in [9.17, 15) is 10.1 Å². The second-order valence-electron chi connectivity index (χ2n) is 6.38. The molecule has 138 valence electrons. The zero-order valence-electron chi connectivity index (χ0n) is 15.6. The molecule has 0 atom stereocenters. The molecule has 3 aromatic rings. The van der Waals surface area contributed by atoms with Crippen molar-refractivity contribution in [3.05, 3.63) is 71.4 Å². The zero-order chi connectivity index (χ0) is 19.9. The quantitative estimate of drug-likeness (QED) is 0.507. The molecule has 0 aliphatic rings. The molecule has 0 unspecified atom stereocenters. The summed E-state index contributed by atoms with van der Waals surface area (Å²) in [5.74, 6) is -0.444. The van der Waals surface area contributed by atoms with Crippen LogP contribution in [-0.4, -0.2) is 10.5 Å². The Morgan fingerprint density at radius 1 is 1.14 bits per heavy atom. The van der Waals surface area contributed by atoms with E-state index in [1.807, 2.05) is 65.4 Å². The predicted molar refractivity (Wildman–Crippen MR) is 110 cm³/mol. The number of nitrogens with zero attached hydrogens (tertiary/aromatic N) is 3. The summed E-state index contributed by atoms with van der Waals surface area (Å²) in [6.07, 6.45) is 4.79. The van der Waals surface area contributed by atoms with Gasteiger partial charge in [-0.05, 0) is 36.3 Å². The first-order valence-electron chi connectivity index (χ1n) is 9.13. The lowest BCUT2D eigenvalue weighted by molar-refractivity contribution is -0.112. The van der Waals surface area contributed by atoms with Gasteiger partial charge in [0.05, 0.1) is 12.5 Å². The summed E-state index contributed by atoms with van der Waals surface area (Å²) in [5.41, 5.74) is 3.61. The molecule has 0 aliphatic carbocycles.